The van der Waals surface area contributed by atoms with E-state index in [0.29, 0.717) is 18.0 Å². The van der Waals surface area contributed by atoms with Crippen LogP contribution in [0.5, 0.6) is 0 Å². The van der Waals surface area contributed by atoms with Crippen molar-refractivity contribution in [2.75, 3.05) is 13.7 Å². The minimum absolute atomic E-state index is 0.123. The minimum Gasteiger partial charge on any atom is -0.385 e. The topological polar surface area (TPSA) is 48.1 Å². The number of nitrogens with two attached hydrogens (primary N) is 1. The van der Waals surface area contributed by atoms with Crippen LogP contribution in [0.1, 0.15) is 24.0 Å². The van der Waals surface area contributed by atoms with Gasteiger partial charge in [0.15, 0.2) is 5.54 Å². The van der Waals surface area contributed by atoms with Crippen LogP contribution in [0.2, 0.25) is 0 Å². The van der Waals surface area contributed by atoms with Crippen molar-refractivity contribution in [3.05, 3.63) is 16.1 Å². The van der Waals surface area contributed by atoms with E-state index in [-0.39, 0.29) is 5.69 Å². The van der Waals surface area contributed by atoms with Gasteiger partial charge in [0, 0.05) is 25.5 Å². The number of alkyl halides is 3. The van der Waals surface area contributed by atoms with Gasteiger partial charge in [-0.3, -0.25) is 0 Å². The number of hydrogen-bond donors (Lipinski definition) is 1. The molecule has 3 nitrogen and oxygen atoms in total. The summed E-state index contributed by atoms with van der Waals surface area (Å²) in [6.07, 6.45) is -3.16. The number of aryl methyl sites for hydroxylation is 1. The molecule has 0 fully saturated rings. The smallest absolute Gasteiger partial charge is 0.385 e. The van der Waals surface area contributed by atoms with Gasteiger partial charge >= 0.3 is 6.18 Å². The predicted molar refractivity (Wildman–Crippen MR) is 59.9 cm³/mol. The Morgan fingerprint density at radius 2 is 2.12 bits per heavy atom. The van der Waals surface area contributed by atoms with Crippen LogP contribution in [-0.2, 0) is 16.7 Å². The second kappa shape index (κ2) is 5.32. The van der Waals surface area contributed by atoms with E-state index in [1.807, 2.05) is 0 Å². The Balaban J connectivity index is 2.74. The number of hydrogen-bond acceptors (Lipinski definition) is 4. The van der Waals surface area contributed by atoms with Crippen molar-refractivity contribution in [3.63, 3.8) is 0 Å². The Bertz CT molecular complexity index is 363. The highest BCUT2D eigenvalue weighted by molar-refractivity contribution is 7.09. The summed E-state index contributed by atoms with van der Waals surface area (Å²) in [5.41, 5.74) is 2.77. The van der Waals surface area contributed by atoms with Gasteiger partial charge in [-0.05, 0) is 13.3 Å². The summed E-state index contributed by atoms with van der Waals surface area (Å²) in [6.45, 7) is 1.50. The number of methoxy groups -OCH3 is 1. The summed E-state index contributed by atoms with van der Waals surface area (Å²) >= 11 is 1.20. The fourth-order valence-corrected chi connectivity index (χ4v) is 2.14. The summed E-state index contributed by atoms with van der Waals surface area (Å²) < 4.78 is 42.8. The van der Waals surface area contributed by atoms with E-state index < -0.39 is 11.7 Å². The van der Waals surface area contributed by atoms with Gasteiger partial charge in [-0.1, -0.05) is 0 Å². The highest BCUT2D eigenvalue weighted by Gasteiger charge is 2.50. The largest absolute Gasteiger partial charge is 0.411 e. The normalized spacial score (nSPS) is 15.9. The maximum Gasteiger partial charge on any atom is 0.411 e. The summed E-state index contributed by atoms with van der Waals surface area (Å²) in [5, 5.41) is 2.02. The average molecular weight is 268 g/mol. The minimum atomic E-state index is -4.50. The van der Waals surface area contributed by atoms with E-state index in [1.54, 1.807) is 7.11 Å². The van der Waals surface area contributed by atoms with Crippen LogP contribution in [0.4, 0.5) is 13.2 Å². The molecule has 98 valence electrons. The molecule has 1 atom stereocenters. The summed E-state index contributed by atoms with van der Waals surface area (Å²) in [5.74, 6) is 0. The molecule has 0 aliphatic heterocycles. The quantitative estimate of drug-likeness (QED) is 0.834. The van der Waals surface area contributed by atoms with Gasteiger partial charge in [-0.15, -0.1) is 11.3 Å². The number of ether oxygens (including phenoxy) is 1. The molecule has 1 unspecified atom stereocenters. The van der Waals surface area contributed by atoms with Crippen molar-refractivity contribution < 1.29 is 17.9 Å². The van der Waals surface area contributed by atoms with Crippen LogP contribution in [0.15, 0.2) is 5.38 Å². The Labute approximate surface area is 102 Å². The first kappa shape index (κ1) is 14.4. The summed E-state index contributed by atoms with van der Waals surface area (Å²) in [7, 11) is 1.58. The van der Waals surface area contributed by atoms with Gasteiger partial charge in [0.1, 0.15) is 0 Å². The zero-order valence-corrected chi connectivity index (χ0v) is 10.5. The Morgan fingerprint density at radius 3 is 2.65 bits per heavy atom. The fraction of sp³-hybridized carbons (Fsp3) is 0.700. The molecule has 1 aromatic heterocycles. The van der Waals surface area contributed by atoms with E-state index in [9.17, 15) is 13.2 Å². The molecule has 0 aliphatic carbocycles. The third-order valence-corrected chi connectivity index (χ3v) is 3.32. The molecule has 0 bridgehead atoms. The SMILES string of the molecule is COCCCc1nc(C(C)(N)C(F)(F)F)cs1. The van der Waals surface area contributed by atoms with Crippen molar-refractivity contribution >= 4 is 11.3 Å². The van der Waals surface area contributed by atoms with Crippen molar-refractivity contribution in [2.24, 2.45) is 5.73 Å². The Kier molecular flexibility index (Phi) is 4.51. The molecule has 0 saturated carbocycles. The van der Waals surface area contributed by atoms with Gasteiger partial charge in [0.2, 0.25) is 0 Å². The third kappa shape index (κ3) is 3.40. The summed E-state index contributed by atoms with van der Waals surface area (Å²) in [4.78, 5) is 3.94. The first-order valence-electron chi connectivity index (χ1n) is 5.08. The van der Waals surface area contributed by atoms with Crippen LogP contribution < -0.4 is 5.73 Å². The molecule has 2 N–H and O–H groups in total. The van der Waals surface area contributed by atoms with Gasteiger partial charge in [0.05, 0.1) is 10.7 Å². The highest BCUT2D eigenvalue weighted by Crippen LogP contribution is 2.36. The van der Waals surface area contributed by atoms with Crippen LogP contribution in [0.25, 0.3) is 0 Å². The van der Waals surface area contributed by atoms with Gasteiger partial charge in [-0.2, -0.15) is 13.2 Å². The lowest BCUT2D eigenvalue weighted by molar-refractivity contribution is -0.185. The lowest BCUT2D eigenvalue weighted by Crippen LogP contribution is -2.47. The van der Waals surface area contributed by atoms with Gasteiger partial charge in [0.25, 0.3) is 0 Å². The molecule has 0 spiro atoms. The first-order valence-corrected chi connectivity index (χ1v) is 5.96. The standard InChI is InChI=1S/C10H15F3N2OS/c1-9(14,10(11,12)13)7-6-17-8(15-7)4-3-5-16-2/h6H,3-5,14H2,1-2H3. The Morgan fingerprint density at radius 1 is 1.47 bits per heavy atom. The zero-order valence-electron chi connectivity index (χ0n) is 9.67. The van der Waals surface area contributed by atoms with Crippen LogP contribution >= 0.6 is 11.3 Å². The first-order chi connectivity index (χ1) is 7.79. The van der Waals surface area contributed by atoms with Gasteiger partial charge in [-0.25, -0.2) is 4.98 Å². The lowest BCUT2D eigenvalue weighted by atomic mass is 10.00. The molecule has 0 aromatic carbocycles. The highest BCUT2D eigenvalue weighted by atomic mass is 32.1. The molecule has 1 rings (SSSR count). The second-order valence-electron chi connectivity index (χ2n) is 3.92. The van der Waals surface area contributed by atoms with E-state index in [2.05, 4.69) is 4.98 Å². The molecule has 0 amide bonds. The van der Waals surface area contributed by atoms with E-state index in [1.165, 1.54) is 16.7 Å². The molecular formula is C10H15F3N2OS. The molecule has 0 radical (unpaired) electrons. The number of halogens is 3. The number of aromatic nitrogens is 1. The van der Waals surface area contributed by atoms with Crippen molar-refractivity contribution in [1.29, 1.82) is 0 Å². The molecule has 17 heavy (non-hydrogen) atoms. The number of rotatable bonds is 5. The van der Waals surface area contributed by atoms with Crippen molar-refractivity contribution in [2.45, 2.75) is 31.5 Å². The van der Waals surface area contributed by atoms with Gasteiger partial charge < -0.3 is 10.5 Å². The molecule has 1 aromatic rings. The maximum absolute atomic E-state index is 12.7. The zero-order chi connectivity index (χ0) is 13.1. The number of thiazole rings is 1. The van der Waals surface area contributed by atoms with Crippen molar-refractivity contribution in [3.8, 4) is 0 Å². The van der Waals surface area contributed by atoms with E-state index in [0.717, 1.165) is 13.3 Å². The van der Waals surface area contributed by atoms with Crippen LogP contribution in [0.3, 0.4) is 0 Å². The Hall–Kier alpha value is -0.660. The average Bonchev–Trinajstić information content (AvgIpc) is 2.65. The maximum atomic E-state index is 12.7. The second-order valence-corrected chi connectivity index (χ2v) is 4.87. The predicted octanol–water partition coefficient (Wildman–Crippen LogP) is 2.46. The lowest BCUT2D eigenvalue weighted by Gasteiger charge is -2.25. The summed E-state index contributed by atoms with van der Waals surface area (Å²) in [6, 6.07) is 0. The van der Waals surface area contributed by atoms with E-state index in [4.69, 9.17) is 10.5 Å². The molecule has 1 heterocycles. The molecule has 0 saturated heterocycles. The third-order valence-electron chi connectivity index (χ3n) is 2.41. The monoisotopic (exact) mass is 268 g/mol. The van der Waals surface area contributed by atoms with Crippen LogP contribution in [0, 0.1) is 0 Å². The number of nitrogens with zero attached hydrogens (tertiary/aromatic N) is 1. The molecule has 0 aliphatic rings. The van der Waals surface area contributed by atoms with Crippen LogP contribution in [-0.4, -0.2) is 24.9 Å². The van der Waals surface area contributed by atoms with E-state index >= 15 is 0 Å². The molecular weight excluding hydrogens is 253 g/mol. The molecule has 7 heteroatoms. The fourth-order valence-electron chi connectivity index (χ4n) is 1.18. The van der Waals surface area contributed by atoms with Crippen molar-refractivity contribution in [1.82, 2.24) is 4.98 Å².